The summed E-state index contributed by atoms with van der Waals surface area (Å²) in [6.45, 7) is 1.36. The van der Waals surface area contributed by atoms with Gasteiger partial charge in [0.05, 0.1) is 21.5 Å². The zero-order chi connectivity index (χ0) is 23.5. The van der Waals surface area contributed by atoms with Crippen LogP contribution in [0.2, 0.25) is 0 Å². The monoisotopic (exact) mass is 449 g/mol. The average molecular weight is 449 g/mol. The first-order chi connectivity index (χ1) is 15.8. The van der Waals surface area contributed by atoms with Crippen LogP contribution in [0.4, 0.5) is 11.4 Å². The number of carbonyl (C=O) groups is 1. The highest BCUT2D eigenvalue weighted by atomic mass is 16.6. The maximum Gasteiger partial charge on any atom is 0.318 e. The molecule has 12 nitrogen and oxygen atoms in total. The van der Waals surface area contributed by atoms with E-state index in [1.54, 1.807) is 36.7 Å². The first kappa shape index (κ1) is 21.4. The Morgan fingerprint density at radius 2 is 1.85 bits per heavy atom. The molecule has 0 bridgehead atoms. The van der Waals surface area contributed by atoms with Gasteiger partial charge in [0.25, 0.3) is 5.69 Å². The molecule has 1 aromatic heterocycles. The fourth-order valence-electron chi connectivity index (χ4n) is 3.07. The molecule has 2 aromatic carbocycles. The number of hydrazone groups is 1. The van der Waals surface area contributed by atoms with Crippen molar-refractivity contribution in [2.45, 2.75) is 13.2 Å². The average Bonchev–Trinajstić information content (AvgIpc) is 3.26. The molecule has 2 heterocycles. The molecule has 0 saturated carbocycles. The number of nitro groups is 2. The lowest BCUT2D eigenvalue weighted by Gasteiger charge is -2.19. The quantitative estimate of drug-likeness (QED) is 0.406. The highest BCUT2D eigenvalue weighted by Crippen LogP contribution is 2.36. The van der Waals surface area contributed by atoms with Crippen molar-refractivity contribution in [3.05, 3.63) is 98.3 Å². The summed E-state index contributed by atoms with van der Waals surface area (Å²) in [6, 6.07) is 12.9. The van der Waals surface area contributed by atoms with Gasteiger partial charge in [-0.25, -0.2) is 0 Å². The molecule has 1 aliphatic heterocycles. The Kier molecular flexibility index (Phi) is 5.64. The number of benzene rings is 2. The number of carbonyl (C=O) groups excluding carboxylic acids is 1. The van der Waals surface area contributed by atoms with Crippen molar-refractivity contribution in [2.24, 2.45) is 5.10 Å². The normalized spacial score (nSPS) is 14.9. The SMILES string of the molecule is CC(=O)N1N=C(c2cccnc2)O[C@H]1c1ccc(Oc2ccc([N+](=O)[O-])cc2[N+](=O)[O-])cc1. The lowest BCUT2D eigenvalue weighted by Crippen LogP contribution is -2.25. The van der Waals surface area contributed by atoms with E-state index in [1.807, 2.05) is 0 Å². The van der Waals surface area contributed by atoms with E-state index in [0.717, 1.165) is 18.2 Å². The summed E-state index contributed by atoms with van der Waals surface area (Å²) in [5.41, 5.74) is 0.233. The highest BCUT2D eigenvalue weighted by Gasteiger charge is 2.33. The lowest BCUT2D eigenvalue weighted by molar-refractivity contribution is -0.394. The van der Waals surface area contributed by atoms with Gasteiger partial charge in [0.1, 0.15) is 5.75 Å². The molecule has 0 spiro atoms. The molecule has 1 aliphatic rings. The van der Waals surface area contributed by atoms with Crippen molar-refractivity contribution in [2.75, 3.05) is 0 Å². The molecule has 33 heavy (non-hydrogen) atoms. The number of ether oxygens (including phenoxy) is 2. The Bertz CT molecular complexity index is 1260. The molecule has 1 atom stereocenters. The minimum absolute atomic E-state index is 0.150. The third kappa shape index (κ3) is 4.44. The molecule has 166 valence electrons. The van der Waals surface area contributed by atoms with E-state index in [0.29, 0.717) is 11.1 Å². The van der Waals surface area contributed by atoms with Gasteiger partial charge < -0.3 is 9.47 Å². The number of rotatable bonds is 6. The number of aromatic nitrogens is 1. The van der Waals surface area contributed by atoms with Crippen LogP contribution in [0.3, 0.4) is 0 Å². The highest BCUT2D eigenvalue weighted by molar-refractivity contribution is 5.96. The zero-order valence-corrected chi connectivity index (χ0v) is 17.0. The van der Waals surface area contributed by atoms with Crippen LogP contribution in [0.1, 0.15) is 24.3 Å². The summed E-state index contributed by atoms with van der Waals surface area (Å²) in [4.78, 5) is 36.8. The smallest absolute Gasteiger partial charge is 0.318 e. The van der Waals surface area contributed by atoms with E-state index in [-0.39, 0.29) is 23.3 Å². The third-order valence-electron chi connectivity index (χ3n) is 4.62. The molecule has 1 amide bonds. The van der Waals surface area contributed by atoms with Crippen molar-refractivity contribution < 1.29 is 24.1 Å². The molecule has 0 fully saturated rings. The molecule has 0 unspecified atom stereocenters. The molecule has 0 saturated heterocycles. The summed E-state index contributed by atoms with van der Waals surface area (Å²) < 4.78 is 11.4. The van der Waals surface area contributed by atoms with Crippen LogP contribution in [0, 0.1) is 20.2 Å². The lowest BCUT2D eigenvalue weighted by atomic mass is 10.2. The Morgan fingerprint density at radius 3 is 2.45 bits per heavy atom. The predicted octanol–water partition coefficient (Wildman–Crippen LogP) is 3.93. The number of pyridine rings is 1. The van der Waals surface area contributed by atoms with E-state index in [2.05, 4.69) is 10.1 Å². The minimum atomic E-state index is -0.819. The Labute approximate surface area is 186 Å². The maximum absolute atomic E-state index is 12.1. The Morgan fingerprint density at radius 1 is 1.09 bits per heavy atom. The van der Waals surface area contributed by atoms with Crippen LogP contribution >= 0.6 is 0 Å². The van der Waals surface area contributed by atoms with Crippen LogP contribution in [-0.2, 0) is 9.53 Å². The van der Waals surface area contributed by atoms with Crippen molar-refractivity contribution in [1.29, 1.82) is 0 Å². The number of non-ortho nitro benzene ring substituents is 1. The standard InChI is InChI=1S/C21H15N5O7/c1-13(27)24-21(33-20(23-24)15-3-2-10-22-12-15)14-4-7-17(8-5-14)32-19-9-6-16(25(28)29)11-18(19)26(30)31/h2-12,21H,1H3/t21-/m0/s1. The van der Waals surface area contributed by atoms with Crippen LogP contribution in [0.25, 0.3) is 0 Å². The van der Waals surface area contributed by atoms with Gasteiger partial charge in [-0.1, -0.05) is 0 Å². The molecular weight excluding hydrogens is 434 g/mol. The van der Waals surface area contributed by atoms with Crippen LogP contribution in [0.5, 0.6) is 11.5 Å². The first-order valence-corrected chi connectivity index (χ1v) is 9.49. The van der Waals surface area contributed by atoms with Crippen molar-refractivity contribution >= 4 is 23.2 Å². The number of hydrogen-bond donors (Lipinski definition) is 0. The molecule has 0 aliphatic carbocycles. The molecular formula is C21H15N5O7. The fourth-order valence-corrected chi connectivity index (χ4v) is 3.07. The van der Waals surface area contributed by atoms with Gasteiger partial charge in [0, 0.05) is 30.9 Å². The van der Waals surface area contributed by atoms with E-state index in [1.165, 1.54) is 24.1 Å². The number of nitro benzene ring substituents is 2. The summed E-state index contributed by atoms with van der Waals surface area (Å²) in [5, 5.41) is 27.6. The van der Waals surface area contributed by atoms with Gasteiger partial charge in [-0.2, -0.15) is 5.01 Å². The van der Waals surface area contributed by atoms with Crippen LogP contribution < -0.4 is 4.74 Å². The van der Waals surface area contributed by atoms with Gasteiger partial charge in [-0.15, -0.1) is 5.10 Å². The molecule has 0 radical (unpaired) electrons. The Balaban J connectivity index is 1.56. The number of amides is 1. The largest absolute Gasteiger partial charge is 0.450 e. The summed E-state index contributed by atoms with van der Waals surface area (Å²) in [7, 11) is 0. The number of nitrogens with zero attached hydrogens (tertiary/aromatic N) is 5. The third-order valence-corrected chi connectivity index (χ3v) is 4.62. The second kappa shape index (κ2) is 8.70. The topological polar surface area (TPSA) is 150 Å². The van der Waals surface area contributed by atoms with Crippen molar-refractivity contribution in [3.8, 4) is 11.5 Å². The molecule has 12 heteroatoms. The van der Waals surface area contributed by atoms with Crippen LogP contribution in [-0.4, -0.2) is 31.6 Å². The van der Waals surface area contributed by atoms with Crippen LogP contribution in [0.15, 0.2) is 72.1 Å². The number of hydrogen-bond acceptors (Lipinski definition) is 9. The molecule has 0 N–H and O–H groups in total. The minimum Gasteiger partial charge on any atom is -0.450 e. The first-order valence-electron chi connectivity index (χ1n) is 9.49. The maximum atomic E-state index is 12.1. The summed E-state index contributed by atoms with van der Waals surface area (Å²) in [6.07, 6.45) is 2.35. The van der Waals surface area contributed by atoms with Crippen molar-refractivity contribution in [3.63, 3.8) is 0 Å². The van der Waals surface area contributed by atoms with Gasteiger partial charge >= 0.3 is 5.69 Å². The Hall–Kier alpha value is -4.87. The second-order valence-electron chi connectivity index (χ2n) is 6.82. The van der Waals surface area contributed by atoms with E-state index >= 15 is 0 Å². The van der Waals surface area contributed by atoms with E-state index in [9.17, 15) is 25.0 Å². The summed E-state index contributed by atoms with van der Waals surface area (Å²) >= 11 is 0. The summed E-state index contributed by atoms with van der Waals surface area (Å²) in [5.74, 6) is 0.00496. The van der Waals surface area contributed by atoms with E-state index < -0.39 is 27.4 Å². The van der Waals surface area contributed by atoms with Crippen molar-refractivity contribution in [1.82, 2.24) is 9.99 Å². The zero-order valence-electron chi connectivity index (χ0n) is 17.0. The van der Waals surface area contributed by atoms with Gasteiger partial charge in [-0.05, 0) is 42.5 Å². The van der Waals surface area contributed by atoms with Gasteiger partial charge in [0.15, 0.2) is 0 Å². The second-order valence-corrected chi connectivity index (χ2v) is 6.82. The fraction of sp³-hybridized carbons (Fsp3) is 0.0952. The van der Waals surface area contributed by atoms with Gasteiger partial charge in [0.2, 0.25) is 23.8 Å². The van der Waals surface area contributed by atoms with E-state index in [4.69, 9.17) is 9.47 Å². The molecule has 3 aromatic rings. The molecule has 4 rings (SSSR count). The predicted molar refractivity (Wildman–Crippen MR) is 113 cm³/mol. The van der Waals surface area contributed by atoms with Gasteiger partial charge in [-0.3, -0.25) is 30.0 Å².